The lowest BCUT2D eigenvalue weighted by Gasteiger charge is -2.14. The first-order chi connectivity index (χ1) is 21.6. The third kappa shape index (κ3) is 8.53. The van der Waals surface area contributed by atoms with E-state index in [-0.39, 0.29) is 34.8 Å². The molecule has 0 aliphatic carbocycles. The number of halogens is 2. The third-order valence-electron chi connectivity index (χ3n) is 6.60. The predicted octanol–water partition coefficient (Wildman–Crippen LogP) is 6.84. The average Bonchev–Trinajstić information content (AvgIpc) is 3.42. The van der Waals surface area contributed by atoms with Crippen LogP contribution in [0.25, 0.3) is 11.1 Å². The Hall–Kier alpha value is -4.58. The Morgan fingerprint density at radius 2 is 1.58 bits per heavy atom. The quantitative estimate of drug-likeness (QED) is 0.138. The summed E-state index contributed by atoms with van der Waals surface area (Å²) in [6, 6.07) is 22.6. The van der Waals surface area contributed by atoms with E-state index in [0.717, 1.165) is 11.1 Å². The number of carboxylic acids is 1. The summed E-state index contributed by atoms with van der Waals surface area (Å²) in [6.07, 6.45) is 0.788. The lowest BCUT2D eigenvalue weighted by Crippen LogP contribution is -2.15. The number of sulfone groups is 1. The summed E-state index contributed by atoms with van der Waals surface area (Å²) in [6.45, 7) is -0.464. The van der Waals surface area contributed by atoms with Crippen LogP contribution in [-0.2, 0) is 27.7 Å². The zero-order chi connectivity index (χ0) is 32.0. The summed E-state index contributed by atoms with van der Waals surface area (Å²) in [5.74, 6) is -1.57. The van der Waals surface area contributed by atoms with Gasteiger partial charge in [0.05, 0.1) is 16.3 Å². The van der Waals surface area contributed by atoms with E-state index in [1.165, 1.54) is 24.3 Å². The summed E-state index contributed by atoms with van der Waals surface area (Å²) < 4.78 is 42.0. The van der Waals surface area contributed by atoms with Gasteiger partial charge >= 0.3 is 12.0 Å². The molecule has 1 heterocycles. The van der Waals surface area contributed by atoms with Crippen molar-refractivity contribution >= 4 is 61.7 Å². The lowest BCUT2D eigenvalue weighted by atomic mass is 10.1. The fourth-order valence-corrected chi connectivity index (χ4v) is 5.96. The van der Waals surface area contributed by atoms with Gasteiger partial charge in [-0.1, -0.05) is 41.4 Å². The van der Waals surface area contributed by atoms with Crippen molar-refractivity contribution in [3.05, 3.63) is 112 Å². The summed E-state index contributed by atoms with van der Waals surface area (Å²) >= 11 is 11.8. The van der Waals surface area contributed by atoms with Crippen LogP contribution in [0, 0.1) is 0 Å². The van der Waals surface area contributed by atoms with Crippen LogP contribution in [0.4, 0.5) is 5.69 Å². The normalized spacial score (nSPS) is 11.3. The Bertz CT molecular complexity index is 1940. The molecular weight excluding hydrogens is 643 g/mol. The van der Waals surface area contributed by atoms with Crippen LogP contribution < -0.4 is 14.8 Å². The summed E-state index contributed by atoms with van der Waals surface area (Å²) in [5, 5.41) is 12.8. The molecule has 0 radical (unpaired) electrons. The average molecular weight is 670 g/mol. The number of carbonyl (C=O) groups excluding carboxylic acids is 1. The number of anilines is 1. The molecule has 232 valence electrons. The lowest BCUT2D eigenvalue weighted by molar-refractivity contribution is -0.139. The van der Waals surface area contributed by atoms with Gasteiger partial charge in [-0.05, 0) is 90.7 Å². The Kier molecular flexibility index (Phi) is 9.92. The molecule has 2 N–H and O–H groups in total. The van der Waals surface area contributed by atoms with Gasteiger partial charge in [-0.15, -0.1) is 0 Å². The highest BCUT2D eigenvalue weighted by Gasteiger charge is 2.16. The number of nitrogens with one attached hydrogen (secondary N) is 1. The van der Waals surface area contributed by atoms with Gasteiger partial charge in [0.2, 0.25) is 0 Å². The Labute approximate surface area is 268 Å². The number of carbonyl (C=O) groups is 2. The maximum atomic E-state index is 13.1. The van der Waals surface area contributed by atoms with E-state index in [2.05, 4.69) is 10.3 Å². The SMILES string of the molecule is O=C(O)COc1ccc(CCCS(=O)(=O)c2ccc(Cl)cc2)cc1NC(=O)c1ccc(COc2nc3cc(Cl)ccc3o2)cc1. The Morgan fingerprint density at radius 1 is 0.867 bits per heavy atom. The van der Waals surface area contributed by atoms with E-state index >= 15 is 0 Å². The van der Waals surface area contributed by atoms with E-state index in [4.69, 9.17) is 42.2 Å². The van der Waals surface area contributed by atoms with Gasteiger partial charge in [0, 0.05) is 15.6 Å². The largest absolute Gasteiger partial charge is 0.480 e. The molecule has 0 fully saturated rings. The van der Waals surface area contributed by atoms with E-state index < -0.39 is 28.3 Å². The topological polar surface area (TPSA) is 145 Å². The number of fused-ring (bicyclic) bond motifs is 1. The van der Waals surface area contributed by atoms with Crippen molar-refractivity contribution in [1.82, 2.24) is 4.98 Å². The molecular formula is C32H26Cl2N2O8S. The second kappa shape index (κ2) is 14.0. The molecule has 0 aliphatic rings. The van der Waals surface area contributed by atoms with Crippen molar-refractivity contribution in [2.45, 2.75) is 24.3 Å². The molecule has 45 heavy (non-hydrogen) atoms. The number of aryl methyl sites for hydroxylation is 1. The first-order valence-corrected chi connectivity index (χ1v) is 16.0. The van der Waals surface area contributed by atoms with Gasteiger partial charge in [-0.25, -0.2) is 13.2 Å². The van der Waals surface area contributed by atoms with Crippen molar-refractivity contribution in [2.24, 2.45) is 0 Å². The number of carboxylic acid groups (broad SMARTS) is 1. The number of aliphatic carboxylic acids is 1. The number of rotatable bonds is 13. The highest BCUT2D eigenvalue weighted by molar-refractivity contribution is 7.91. The summed E-state index contributed by atoms with van der Waals surface area (Å²) in [4.78, 5) is 28.7. The van der Waals surface area contributed by atoms with Crippen molar-refractivity contribution in [1.29, 1.82) is 0 Å². The maximum absolute atomic E-state index is 13.1. The maximum Gasteiger partial charge on any atom is 0.394 e. The van der Waals surface area contributed by atoms with Crippen molar-refractivity contribution < 1.29 is 37.0 Å². The van der Waals surface area contributed by atoms with Crippen LogP contribution in [0.3, 0.4) is 0 Å². The molecule has 0 bridgehead atoms. The Balaban J connectivity index is 1.22. The van der Waals surface area contributed by atoms with Crippen molar-refractivity contribution in [2.75, 3.05) is 17.7 Å². The highest BCUT2D eigenvalue weighted by atomic mass is 35.5. The molecule has 0 spiro atoms. The van der Waals surface area contributed by atoms with Crippen molar-refractivity contribution in [3.63, 3.8) is 0 Å². The minimum absolute atomic E-state index is 0.0884. The molecule has 4 aromatic carbocycles. The first-order valence-electron chi connectivity index (χ1n) is 13.6. The molecule has 0 aliphatic heterocycles. The monoisotopic (exact) mass is 668 g/mol. The molecule has 0 unspecified atom stereocenters. The van der Waals surface area contributed by atoms with Crippen LogP contribution in [0.15, 0.2) is 94.2 Å². The van der Waals surface area contributed by atoms with Crippen LogP contribution >= 0.6 is 23.2 Å². The summed E-state index contributed by atoms with van der Waals surface area (Å²) in [7, 11) is -3.51. The van der Waals surface area contributed by atoms with Gasteiger partial charge in [-0.3, -0.25) is 4.79 Å². The minimum Gasteiger partial charge on any atom is -0.480 e. The van der Waals surface area contributed by atoms with Crippen molar-refractivity contribution in [3.8, 4) is 11.8 Å². The van der Waals surface area contributed by atoms with E-state index in [9.17, 15) is 18.0 Å². The zero-order valence-corrected chi connectivity index (χ0v) is 25.9. The third-order valence-corrected chi connectivity index (χ3v) is 8.91. The van der Waals surface area contributed by atoms with Crippen LogP contribution in [-0.4, -0.2) is 42.7 Å². The van der Waals surface area contributed by atoms with Gasteiger partial charge < -0.3 is 24.3 Å². The molecule has 13 heteroatoms. The molecule has 10 nitrogen and oxygen atoms in total. The van der Waals surface area contributed by atoms with Gasteiger partial charge in [0.25, 0.3) is 5.91 Å². The molecule has 1 amide bonds. The molecule has 0 saturated heterocycles. The Morgan fingerprint density at radius 3 is 2.31 bits per heavy atom. The number of ether oxygens (including phenoxy) is 2. The number of benzene rings is 4. The molecule has 1 aromatic heterocycles. The molecule has 0 atom stereocenters. The number of oxazole rings is 1. The molecule has 5 rings (SSSR count). The zero-order valence-electron chi connectivity index (χ0n) is 23.5. The fourth-order valence-electron chi connectivity index (χ4n) is 4.35. The smallest absolute Gasteiger partial charge is 0.394 e. The summed E-state index contributed by atoms with van der Waals surface area (Å²) in [5.41, 5.74) is 3.19. The standard InChI is InChI=1S/C32H26Cl2N2O8S/c33-23-8-11-25(12-9-23)45(40,41)15-1-2-20-5-13-28(42-19-30(37)38)26(16-20)35-31(39)22-6-3-21(4-7-22)18-43-32-36-27-17-24(34)10-14-29(27)44-32/h3-14,16-17H,1-2,15,18-19H2,(H,35,39)(H,37,38). The highest BCUT2D eigenvalue weighted by Crippen LogP contribution is 2.28. The number of hydrogen-bond donors (Lipinski definition) is 2. The second-order valence-electron chi connectivity index (χ2n) is 9.92. The van der Waals surface area contributed by atoms with E-state index in [0.29, 0.717) is 39.6 Å². The van der Waals surface area contributed by atoms with Crippen LogP contribution in [0.1, 0.15) is 27.9 Å². The number of amides is 1. The van der Waals surface area contributed by atoms with Gasteiger partial charge in [0.15, 0.2) is 22.0 Å². The minimum atomic E-state index is -3.51. The fraction of sp³-hybridized carbons (Fsp3) is 0.156. The van der Waals surface area contributed by atoms with E-state index in [1.54, 1.807) is 60.7 Å². The number of nitrogens with zero attached hydrogens (tertiary/aromatic N) is 1. The van der Waals surface area contributed by atoms with E-state index in [1.807, 2.05) is 0 Å². The number of hydrogen-bond acceptors (Lipinski definition) is 8. The van der Waals surface area contributed by atoms with Gasteiger partial charge in [-0.2, -0.15) is 4.98 Å². The predicted molar refractivity (Wildman–Crippen MR) is 169 cm³/mol. The molecule has 5 aromatic rings. The van der Waals surface area contributed by atoms with Crippen LogP contribution in [0.2, 0.25) is 10.0 Å². The first kappa shape index (κ1) is 31.8. The van der Waals surface area contributed by atoms with Crippen LogP contribution in [0.5, 0.6) is 11.8 Å². The van der Waals surface area contributed by atoms with Gasteiger partial charge in [0.1, 0.15) is 17.9 Å². The second-order valence-corrected chi connectivity index (χ2v) is 12.9. The molecule has 0 saturated carbocycles. The number of aromatic nitrogens is 1.